The van der Waals surface area contributed by atoms with E-state index in [1.54, 1.807) is 30.3 Å². The monoisotopic (exact) mass is 550 g/mol. The maximum absolute atomic E-state index is 11.8. The molecule has 0 amide bonds. The van der Waals surface area contributed by atoms with Crippen LogP contribution >= 0.6 is 11.6 Å². The Balaban J connectivity index is 1.52. The van der Waals surface area contributed by atoms with Gasteiger partial charge in [-0.1, -0.05) is 23.7 Å². The van der Waals surface area contributed by atoms with Gasteiger partial charge in [-0.2, -0.15) is 0 Å². The van der Waals surface area contributed by atoms with Gasteiger partial charge in [0.05, 0.1) is 27.9 Å². The first-order chi connectivity index (χ1) is 17.5. The number of sulfone groups is 1. The molecule has 3 aromatic rings. The quantitative estimate of drug-likeness (QED) is 0.333. The van der Waals surface area contributed by atoms with Gasteiger partial charge < -0.3 is 29.9 Å². The highest BCUT2D eigenvalue weighted by Gasteiger charge is 2.47. The molecule has 0 spiro atoms. The Labute approximate surface area is 216 Å². The molecule has 1 saturated heterocycles. The molecule has 4 N–H and O–H groups in total. The molecular formula is C24H23ClN2O9S. The van der Waals surface area contributed by atoms with Crippen molar-refractivity contribution in [2.75, 3.05) is 6.26 Å². The van der Waals surface area contributed by atoms with Crippen LogP contribution in [0.4, 0.5) is 0 Å². The van der Waals surface area contributed by atoms with Gasteiger partial charge in [-0.3, -0.25) is 9.97 Å². The van der Waals surface area contributed by atoms with Gasteiger partial charge in [-0.15, -0.1) is 0 Å². The number of pyridine rings is 2. The van der Waals surface area contributed by atoms with Gasteiger partial charge in [0.2, 0.25) is 0 Å². The fraction of sp³-hybridized carbons (Fsp3) is 0.292. The van der Waals surface area contributed by atoms with Crippen LogP contribution in [-0.2, 0) is 30.7 Å². The smallest absolute Gasteiger partial charge is 0.335 e. The molecule has 3 heterocycles. The van der Waals surface area contributed by atoms with Crippen LogP contribution in [0.2, 0.25) is 5.02 Å². The van der Waals surface area contributed by atoms with Gasteiger partial charge in [0.15, 0.2) is 22.2 Å². The van der Waals surface area contributed by atoms with Gasteiger partial charge in [0, 0.05) is 29.8 Å². The number of carboxylic acids is 1. The second kappa shape index (κ2) is 10.8. The Morgan fingerprint density at radius 2 is 1.68 bits per heavy atom. The largest absolute Gasteiger partial charge is 0.479 e. The third-order valence-electron chi connectivity index (χ3n) is 5.75. The summed E-state index contributed by atoms with van der Waals surface area (Å²) in [6.45, 7) is -0.189. The summed E-state index contributed by atoms with van der Waals surface area (Å²) in [4.78, 5) is 20.1. The first-order valence-electron chi connectivity index (χ1n) is 10.9. The molecule has 1 aliphatic rings. The van der Waals surface area contributed by atoms with Gasteiger partial charge in [0.1, 0.15) is 18.3 Å². The lowest BCUT2D eigenvalue weighted by Gasteiger charge is -2.38. The van der Waals surface area contributed by atoms with Crippen molar-refractivity contribution in [2.24, 2.45) is 0 Å². The van der Waals surface area contributed by atoms with Gasteiger partial charge in [0.25, 0.3) is 0 Å². The van der Waals surface area contributed by atoms with Gasteiger partial charge >= 0.3 is 5.97 Å². The fourth-order valence-electron chi connectivity index (χ4n) is 3.78. The Bertz CT molecular complexity index is 1380. The topological polar surface area (TPSA) is 176 Å². The van der Waals surface area contributed by atoms with Crippen LogP contribution in [0.5, 0.6) is 0 Å². The van der Waals surface area contributed by atoms with Gasteiger partial charge in [-0.05, 0) is 35.9 Å². The number of carboxylic acid groups (broad SMARTS) is 1. The molecule has 196 valence electrons. The molecule has 11 nitrogen and oxygen atoms in total. The van der Waals surface area contributed by atoms with E-state index in [0.717, 1.165) is 6.26 Å². The van der Waals surface area contributed by atoms with Crippen LogP contribution in [0.3, 0.4) is 0 Å². The number of hydrogen-bond acceptors (Lipinski definition) is 10. The summed E-state index contributed by atoms with van der Waals surface area (Å²) >= 11 is 6.17. The zero-order valence-corrected chi connectivity index (χ0v) is 20.9. The number of ether oxygens (including phenoxy) is 2. The predicted molar refractivity (Wildman–Crippen MR) is 130 cm³/mol. The lowest BCUT2D eigenvalue weighted by molar-refractivity contribution is -0.297. The SMILES string of the molecule is CS(=O)(=O)c1ccc(-c2cc(Cl)cnc2-c2ccc(COC3OC(C(=O)O)C(O)C(O)C3O)nc2)cc1. The number of aliphatic hydroxyl groups excluding tert-OH is 3. The summed E-state index contributed by atoms with van der Waals surface area (Å²) in [5.74, 6) is -1.51. The molecule has 1 fully saturated rings. The number of rotatable bonds is 7. The number of aromatic nitrogens is 2. The van der Waals surface area contributed by atoms with Crippen LogP contribution in [0.15, 0.2) is 59.8 Å². The van der Waals surface area contributed by atoms with Crippen molar-refractivity contribution in [1.29, 1.82) is 0 Å². The van der Waals surface area contributed by atoms with E-state index >= 15 is 0 Å². The number of nitrogens with zero attached hydrogens (tertiary/aromatic N) is 2. The molecule has 1 aliphatic heterocycles. The molecule has 0 aliphatic carbocycles. The summed E-state index contributed by atoms with van der Waals surface area (Å²) in [6.07, 6.45) is -4.38. The number of benzene rings is 1. The summed E-state index contributed by atoms with van der Waals surface area (Å²) in [7, 11) is -3.35. The minimum Gasteiger partial charge on any atom is -0.479 e. The molecule has 5 unspecified atom stereocenters. The summed E-state index contributed by atoms with van der Waals surface area (Å²) in [6, 6.07) is 11.4. The summed E-state index contributed by atoms with van der Waals surface area (Å²) in [5.41, 5.74) is 2.93. The lowest BCUT2D eigenvalue weighted by Crippen LogP contribution is -2.60. The molecule has 0 saturated carbocycles. The maximum atomic E-state index is 11.8. The molecular weight excluding hydrogens is 528 g/mol. The average Bonchev–Trinajstić information content (AvgIpc) is 2.86. The third kappa shape index (κ3) is 5.96. The van der Waals surface area contributed by atoms with E-state index in [1.807, 2.05) is 0 Å². The maximum Gasteiger partial charge on any atom is 0.335 e. The Hall–Kier alpha value is -2.97. The lowest BCUT2D eigenvalue weighted by atomic mass is 9.99. The van der Waals surface area contributed by atoms with Crippen molar-refractivity contribution in [3.63, 3.8) is 0 Å². The molecule has 13 heteroatoms. The summed E-state index contributed by atoms with van der Waals surface area (Å²) < 4.78 is 34.1. The number of aliphatic hydroxyl groups is 3. The van der Waals surface area contributed by atoms with Crippen LogP contribution in [0, 0.1) is 0 Å². The normalized spacial score (nSPS) is 24.1. The second-order valence-electron chi connectivity index (χ2n) is 8.43. The van der Waals surface area contributed by atoms with Crippen LogP contribution in [-0.4, -0.2) is 81.7 Å². The van der Waals surface area contributed by atoms with Crippen LogP contribution in [0.25, 0.3) is 22.4 Å². The van der Waals surface area contributed by atoms with E-state index in [2.05, 4.69) is 9.97 Å². The van der Waals surface area contributed by atoms with Crippen molar-refractivity contribution in [3.8, 4) is 22.4 Å². The van der Waals surface area contributed by atoms with Crippen LogP contribution < -0.4 is 0 Å². The number of carbonyl (C=O) groups is 1. The van der Waals surface area contributed by atoms with Gasteiger partial charge in [-0.25, -0.2) is 13.2 Å². The molecule has 2 aromatic heterocycles. The molecule has 5 atom stereocenters. The summed E-state index contributed by atoms with van der Waals surface area (Å²) in [5, 5.41) is 39.3. The van der Waals surface area contributed by atoms with Crippen molar-refractivity contribution >= 4 is 27.4 Å². The zero-order valence-electron chi connectivity index (χ0n) is 19.3. The van der Waals surface area contributed by atoms with E-state index in [1.165, 1.54) is 24.5 Å². The first-order valence-corrected chi connectivity index (χ1v) is 13.2. The number of hydrogen-bond donors (Lipinski definition) is 4. The Kier molecular flexibility index (Phi) is 7.90. The minimum atomic E-state index is -3.35. The average molecular weight is 551 g/mol. The van der Waals surface area contributed by atoms with Crippen LogP contribution in [0.1, 0.15) is 5.69 Å². The Morgan fingerprint density at radius 1 is 1.00 bits per heavy atom. The highest BCUT2D eigenvalue weighted by molar-refractivity contribution is 7.90. The fourth-order valence-corrected chi connectivity index (χ4v) is 4.57. The predicted octanol–water partition coefficient (Wildman–Crippen LogP) is 1.28. The highest BCUT2D eigenvalue weighted by Crippen LogP contribution is 2.33. The molecule has 4 rings (SSSR count). The minimum absolute atomic E-state index is 0.183. The molecule has 0 bridgehead atoms. The second-order valence-corrected chi connectivity index (χ2v) is 10.9. The van der Waals surface area contributed by atoms with Crippen molar-refractivity contribution in [2.45, 2.75) is 42.2 Å². The van der Waals surface area contributed by atoms with E-state index in [9.17, 15) is 28.5 Å². The Morgan fingerprint density at radius 3 is 2.27 bits per heavy atom. The number of aliphatic carboxylic acids is 1. The molecule has 0 radical (unpaired) electrons. The standard InChI is InChI=1S/C24H23ClN2O9S/c1-37(33,34)16-6-3-12(4-7-16)17-8-14(25)10-27-18(17)13-2-5-15(26-9-13)11-35-24-21(30)19(28)20(29)22(36-24)23(31)32/h2-10,19-22,24,28-30H,11H2,1H3,(H,31,32). The van der Waals surface area contributed by atoms with Crippen molar-refractivity contribution in [1.82, 2.24) is 9.97 Å². The van der Waals surface area contributed by atoms with E-state index in [0.29, 0.717) is 33.1 Å². The molecule has 37 heavy (non-hydrogen) atoms. The van der Waals surface area contributed by atoms with E-state index in [-0.39, 0.29) is 11.5 Å². The van der Waals surface area contributed by atoms with Crippen molar-refractivity contribution < 1.29 is 43.1 Å². The highest BCUT2D eigenvalue weighted by atomic mass is 35.5. The zero-order chi connectivity index (χ0) is 26.9. The van der Waals surface area contributed by atoms with E-state index < -0.39 is 46.5 Å². The first kappa shape index (κ1) is 27.1. The molecule has 1 aromatic carbocycles. The van der Waals surface area contributed by atoms with Crippen molar-refractivity contribution in [3.05, 3.63) is 65.6 Å². The third-order valence-corrected chi connectivity index (χ3v) is 7.09. The van der Waals surface area contributed by atoms with E-state index in [4.69, 9.17) is 26.2 Å². The number of halogens is 1.